The maximum absolute atomic E-state index is 13.2. The standard InChI is InChI=1S/C23H34N4O4/c1-15(2)27-18-10-7-6-9-17(18)19(25-27)20(29)24-16-13-23(11-8-12-28,22(3,4)5)26(14-16)21(30)31/h6-7,9-10,15-16,28H,8,11-14H2,1-5H3,(H,24,29)(H,30,31)/t16-,23+/m0/s1. The Hall–Kier alpha value is -2.61. The van der Waals surface area contributed by atoms with Crippen LogP contribution in [0.4, 0.5) is 4.79 Å². The maximum atomic E-state index is 13.2. The lowest BCUT2D eigenvalue weighted by atomic mass is 9.69. The quantitative estimate of drug-likeness (QED) is 0.648. The zero-order valence-corrected chi connectivity index (χ0v) is 19.1. The van der Waals surface area contributed by atoms with Crippen LogP contribution in [0.15, 0.2) is 24.3 Å². The van der Waals surface area contributed by atoms with Gasteiger partial charge in [0.05, 0.1) is 11.1 Å². The van der Waals surface area contributed by atoms with Crippen LogP contribution in [-0.2, 0) is 0 Å². The van der Waals surface area contributed by atoms with Crippen LogP contribution in [0.1, 0.15) is 70.4 Å². The van der Waals surface area contributed by atoms with Gasteiger partial charge in [0.15, 0.2) is 5.69 Å². The minimum absolute atomic E-state index is 0.000934. The van der Waals surface area contributed by atoms with Crippen molar-refractivity contribution in [2.45, 2.75) is 71.5 Å². The lowest BCUT2D eigenvalue weighted by Gasteiger charge is -2.47. The fraction of sp³-hybridized carbons (Fsp3) is 0.609. The van der Waals surface area contributed by atoms with E-state index in [9.17, 15) is 19.8 Å². The van der Waals surface area contributed by atoms with E-state index in [4.69, 9.17) is 0 Å². The molecule has 1 aliphatic rings. The van der Waals surface area contributed by atoms with Crippen molar-refractivity contribution in [3.63, 3.8) is 0 Å². The third-order valence-corrected chi connectivity index (χ3v) is 6.53. The van der Waals surface area contributed by atoms with Crippen molar-refractivity contribution in [1.29, 1.82) is 0 Å². The van der Waals surface area contributed by atoms with Crippen molar-refractivity contribution in [3.8, 4) is 0 Å². The summed E-state index contributed by atoms with van der Waals surface area (Å²) in [4.78, 5) is 26.8. The molecule has 1 saturated heterocycles. The fourth-order valence-electron chi connectivity index (χ4n) is 4.93. The molecule has 1 aromatic heterocycles. The second-order valence-corrected chi connectivity index (χ2v) is 9.78. The number of aliphatic hydroxyl groups is 1. The molecule has 0 unspecified atom stereocenters. The molecule has 0 saturated carbocycles. The summed E-state index contributed by atoms with van der Waals surface area (Å²) in [5.74, 6) is -0.294. The van der Waals surface area contributed by atoms with E-state index >= 15 is 0 Å². The summed E-state index contributed by atoms with van der Waals surface area (Å²) in [7, 11) is 0. The highest BCUT2D eigenvalue weighted by molar-refractivity contribution is 6.05. The Morgan fingerprint density at radius 3 is 2.55 bits per heavy atom. The molecule has 1 fully saturated rings. The smallest absolute Gasteiger partial charge is 0.407 e. The monoisotopic (exact) mass is 430 g/mol. The molecular formula is C23H34N4O4. The first-order chi connectivity index (χ1) is 14.5. The number of nitrogens with one attached hydrogen (secondary N) is 1. The summed E-state index contributed by atoms with van der Waals surface area (Å²) in [6, 6.07) is 7.41. The molecule has 0 bridgehead atoms. The number of benzene rings is 1. The second-order valence-electron chi connectivity index (χ2n) is 9.78. The first-order valence-corrected chi connectivity index (χ1v) is 10.9. The molecule has 170 valence electrons. The Kier molecular flexibility index (Phi) is 6.32. The van der Waals surface area contributed by atoms with E-state index in [-0.39, 0.29) is 36.6 Å². The topological polar surface area (TPSA) is 108 Å². The zero-order valence-electron chi connectivity index (χ0n) is 19.1. The van der Waals surface area contributed by atoms with Gasteiger partial charge in [0, 0.05) is 30.6 Å². The van der Waals surface area contributed by atoms with Crippen LogP contribution in [0.3, 0.4) is 0 Å². The molecule has 2 amide bonds. The summed E-state index contributed by atoms with van der Waals surface area (Å²) in [6.07, 6.45) is 0.540. The molecule has 1 aliphatic heterocycles. The lowest BCUT2D eigenvalue weighted by molar-refractivity contribution is 0.0195. The number of fused-ring (bicyclic) bond motifs is 1. The van der Waals surface area contributed by atoms with Gasteiger partial charge in [-0.2, -0.15) is 5.10 Å². The van der Waals surface area contributed by atoms with E-state index in [0.717, 1.165) is 10.9 Å². The van der Waals surface area contributed by atoms with Crippen molar-refractivity contribution < 1.29 is 19.8 Å². The number of amides is 2. The molecule has 8 nitrogen and oxygen atoms in total. The van der Waals surface area contributed by atoms with Gasteiger partial charge in [-0.15, -0.1) is 0 Å². The third kappa shape index (κ3) is 4.13. The first-order valence-electron chi connectivity index (χ1n) is 10.9. The van der Waals surface area contributed by atoms with Crippen LogP contribution < -0.4 is 5.32 Å². The maximum Gasteiger partial charge on any atom is 0.407 e. The highest BCUT2D eigenvalue weighted by Gasteiger charge is 2.54. The van der Waals surface area contributed by atoms with Crippen molar-refractivity contribution >= 4 is 22.9 Å². The van der Waals surface area contributed by atoms with E-state index in [1.54, 1.807) is 0 Å². The summed E-state index contributed by atoms with van der Waals surface area (Å²) in [5.41, 5.74) is 0.230. The summed E-state index contributed by atoms with van der Waals surface area (Å²) in [6.45, 7) is 10.3. The molecule has 3 rings (SSSR count). The molecule has 2 aromatic rings. The van der Waals surface area contributed by atoms with Crippen LogP contribution in [0.2, 0.25) is 0 Å². The number of carbonyl (C=O) groups excluding carboxylic acids is 1. The van der Waals surface area contributed by atoms with Crippen molar-refractivity contribution in [2.24, 2.45) is 5.41 Å². The molecule has 1 aromatic carbocycles. The number of aromatic nitrogens is 2. The zero-order chi connectivity index (χ0) is 23.0. The van der Waals surface area contributed by atoms with E-state index in [1.807, 2.05) is 63.6 Å². The number of carbonyl (C=O) groups is 2. The second kappa shape index (κ2) is 8.49. The van der Waals surface area contributed by atoms with E-state index in [1.165, 1.54) is 4.90 Å². The van der Waals surface area contributed by atoms with Gasteiger partial charge in [0.1, 0.15) is 0 Å². The third-order valence-electron chi connectivity index (χ3n) is 6.53. The minimum atomic E-state index is -1.00. The number of rotatable bonds is 6. The highest BCUT2D eigenvalue weighted by Crippen LogP contribution is 2.47. The Bertz CT molecular complexity index is 962. The van der Waals surface area contributed by atoms with Crippen LogP contribution in [0.25, 0.3) is 10.9 Å². The highest BCUT2D eigenvalue weighted by atomic mass is 16.4. The number of likely N-dealkylation sites (tertiary alicyclic amines) is 1. The Labute approximate surface area is 183 Å². The van der Waals surface area contributed by atoms with E-state index < -0.39 is 11.6 Å². The Morgan fingerprint density at radius 2 is 1.97 bits per heavy atom. The summed E-state index contributed by atoms with van der Waals surface area (Å²) in [5, 5.41) is 27.7. The number of nitrogens with zero attached hydrogens (tertiary/aromatic N) is 3. The van der Waals surface area contributed by atoms with Gasteiger partial charge in [0.2, 0.25) is 0 Å². The number of para-hydroxylation sites is 1. The fourth-order valence-corrected chi connectivity index (χ4v) is 4.93. The molecule has 2 atom stereocenters. The average Bonchev–Trinajstić information content (AvgIpc) is 3.25. The molecule has 2 heterocycles. The molecule has 0 aliphatic carbocycles. The van der Waals surface area contributed by atoms with Gasteiger partial charge >= 0.3 is 6.09 Å². The molecule has 31 heavy (non-hydrogen) atoms. The molecule has 8 heteroatoms. The van der Waals surface area contributed by atoms with Crippen molar-refractivity contribution in [3.05, 3.63) is 30.0 Å². The largest absolute Gasteiger partial charge is 0.465 e. The van der Waals surface area contributed by atoms with E-state index in [0.29, 0.717) is 25.0 Å². The van der Waals surface area contributed by atoms with Gasteiger partial charge in [-0.05, 0) is 44.6 Å². The van der Waals surface area contributed by atoms with Gasteiger partial charge in [-0.1, -0.05) is 39.0 Å². The van der Waals surface area contributed by atoms with Crippen LogP contribution in [0, 0.1) is 5.41 Å². The van der Waals surface area contributed by atoms with Gasteiger partial charge in [-0.3, -0.25) is 9.48 Å². The van der Waals surface area contributed by atoms with Crippen LogP contribution >= 0.6 is 0 Å². The predicted molar refractivity (Wildman–Crippen MR) is 119 cm³/mol. The summed E-state index contributed by atoms with van der Waals surface area (Å²) >= 11 is 0. The Balaban J connectivity index is 1.91. The SMILES string of the molecule is CC(C)n1nc(C(=O)N[C@@H]2CN(C(=O)O)[C@@](CCCO)(C(C)(C)C)C2)c2ccccc21. The predicted octanol–water partition coefficient (Wildman–Crippen LogP) is 3.66. The lowest BCUT2D eigenvalue weighted by Crippen LogP contribution is -2.55. The molecule has 0 spiro atoms. The number of hydrogen-bond donors (Lipinski definition) is 3. The number of hydrogen-bond acceptors (Lipinski definition) is 4. The average molecular weight is 431 g/mol. The van der Waals surface area contributed by atoms with Crippen LogP contribution in [-0.4, -0.2) is 61.6 Å². The first kappa shape index (κ1) is 23.1. The van der Waals surface area contributed by atoms with Gasteiger partial charge in [0.25, 0.3) is 5.91 Å². The summed E-state index contributed by atoms with van der Waals surface area (Å²) < 4.78 is 1.84. The van der Waals surface area contributed by atoms with Gasteiger partial charge < -0.3 is 20.4 Å². The molecule has 0 radical (unpaired) electrons. The normalized spacial score (nSPS) is 21.8. The number of carboxylic acid groups (broad SMARTS) is 1. The Morgan fingerprint density at radius 1 is 1.29 bits per heavy atom. The van der Waals surface area contributed by atoms with Crippen molar-refractivity contribution in [1.82, 2.24) is 20.0 Å². The minimum Gasteiger partial charge on any atom is -0.465 e. The number of aliphatic hydroxyl groups excluding tert-OH is 1. The van der Waals surface area contributed by atoms with Gasteiger partial charge in [-0.25, -0.2) is 4.79 Å². The molecule has 3 N–H and O–H groups in total. The van der Waals surface area contributed by atoms with Crippen LogP contribution in [0.5, 0.6) is 0 Å². The van der Waals surface area contributed by atoms with Crippen molar-refractivity contribution in [2.75, 3.05) is 13.2 Å². The molecular weight excluding hydrogens is 396 g/mol. The van der Waals surface area contributed by atoms with E-state index in [2.05, 4.69) is 10.4 Å².